The van der Waals surface area contributed by atoms with Gasteiger partial charge in [-0.1, -0.05) is 30.3 Å². The molecule has 36 heavy (non-hydrogen) atoms. The number of benzene rings is 2. The lowest BCUT2D eigenvalue weighted by atomic mass is 10.1. The van der Waals surface area contributed by atoms with E-state index < -0.39 is 0 Å². The van der Waals surface area contributed by atoms with Crippen molar-refractivity contribution in [1.82, 2.24) is 25.1 Å². The smallest absolute Gasteiger partial charge is 0.272 e. The zero-order chi connectivity index (χ0) is 25.2. The molecule has 182 valence electrons. The van der Waals surface area contributed by atoms with E-state index in [1.165, 1.54) is 13.3 Å². The largest absolute Gasteiger partial charge is 0.482 e. The van der Waals surface area contributed by atoms with Crippen molar-refractivity contribution in [2.75, 3.05) is 17.2 Å². The van der Waals surface area contributed by atoms with Crippen molar-refractivity contribution < 1.29 is 19.1 Å². The molecule has 3 N–H and O–H groups in total. The second kappa shape index (κ2) is 9.45. The summed E-state index contributed by atoms with van der Waals surface area (Å²) in [6, 6.07) is 12.7. The van der Waals surface area contributed by atoms with Gasteiger partial charge in [0.25, 0.3) is 11.8 Å². The molecule has 2 aromatic carbocycles. The fraction of sp³-hybridized carbons (Fsp3) is 0.200. The van der Waals surface area contributed by atoms with E-state index in [-0.39, 0.29) is 36.4 Å². The van der Waals surface area contributed by atoms with E-state index >= 15 is 0 Å². The fourth-order valence-electron chi connectivity index (χ4n) is 3.94. The highest BCUT2D eigenvalue weighted by Crippen LogP contribution is 2.28. The number of amides is 2. The normalized spacial score (nSPS) is 12.4. The van der Waals surface area contributed by atoms with Crippen LogP contribution in [0, 0.1) is 0 Å². The van der Waals surface area contributed by atoms with Gasteiger partial charge in [-0.3, -0.25) is 19.1 Å². The van der Waals surface area contributed by atoms with Gasteiger partial charge in [0, 0.05) is 25.7 Å². The molecule has 0 spiro atoms. The second-order valence-corrected chi connectivity index (χ2v) is 8.35. The summed E-state index contributed by atoms with van der Waals surface area (Å²) < 4.78 is 6.93. The third kappa shape index (κ3) is 4.58. The van der Waals surface area contributed by atoms with Crippen LogP contribution in [0.25, 0.3) is 11.0 Å². The van der Waals surface area contributed by atoms with E-state index in [1.54, 1.807) is 36.0 Å². The molecule has 0 fully saturated rings. The monoisotopic (exact) mass is 485 g/mol. The molecule has 0 unspecified atom stereocenters. The van der Waals surface area contributed by atoms with Crippen molar-refractivity contribution in [2.45, 2.75) is 20.0 Å². The standard InChI is InChI=1S/C25H23N7O4/c1-14(33)17-6-3-15(4-7-17)10-26-24-21-23(32(2)31-24)22(29-13-28-21)25(35)27-11-16-5-8-19-18(9-16)30-20(34)12-36-19/h3-9,13H,10-12H2,1-2H3,(H,26,31)(H,27,35)(H,30,34). The summed E-state index contributed by atoms with van der Waals surface area (Å²) in [5.74, 6) is 0.521. The first-order valence-corrected chi connectivity index (χ1v) is 11.2. The van der Waals surface area contributed by atoms with Gasteiger partial charge in [-0.2, -0.15) is 5.10 Å². The second-order valence-electron chi connectivity index (χ2n) is 8.35. The van der Waals surface area contributed by atoms with Crippen LogP contribution in [0.1, 0.15) is 38.9 Å². The summed E-state index contributed by atoms with van der Waals surface area (Å²) in [6.45, 7) is 2.21. The van der Waals surface area contributed by atoms with Crippen LogP contribution >= 0.6 is 0 Å². The van der Waals surface area contributed by atoms with E-state index in [4.69, 9.17) is 4.74 Å². The van der Waals surface area contributed by atoms with E-state index in [2.05, 4.69) is 31.0 Å². The number of Topliss-reactive ketones (excluding diaryl/α,β-unsaturated/α-hetero) is 1. The minimum Gasteiger partial charge on any atom is -0.482 e. The maximum atomic E-state index is 13.0. The Hall–Kier alpha value is -4.80. The number of nitrogens with one attached hydrogen (secondary N) is 3. The quantitative estimate of drug-likeness (QED) is 0.339. The number of aryl methyl sites for hydroxylation is 1. The number of nitrogens with zero attached hydrogens (tertiary/aromatic N) is 4. The first-order chi connectivity index (χ1) is 17.4. The maximum Gasteiger partial charge on any atom is 0.272 e. The van der Waals surface area contributed by atoms with Gasteiger partial charge in [0.2, 0.25) is 0 Å². The van der Waals surface area contributed by atoms with Gasteiger partial charge in [0.1, 0.15) is 23.1 Å². The minimum atomic E-state index is -0.380. The Morgan fingerprint density at radius 1 is 1.08 bits per heavy atom. The molecule has 0 bridgehead atoms. The summed E-state index contributed by atoms with van der Waals surface area (Å²) >= 11 is 0. The summed E-state index contributed by atoms with van der Waals surface area (Å²) in [7, 11) is 1.72. The summed E-state index contributed by atoms with van der Waals surface area (Å²) in [5.41, 5.74) is 4.20. The topological polar surface area (TPSA) is 140 Å². The first kappa shape index (κ1) is 23.0. The third-order valence-electron chi connectivity index (χ3n) is 5.79. The number of carbonyl (C=O) groups is 3. The summed E-state index contributed by atoms with van der Waals surface area (Å²) in [5, 5.41) is 13.3. The molecule has 11 heteroatoms. The van der Waals surface area contributed by atoms with E-state index in [0.717, 1.165) is 11.1 Å². The lowest BCUT2D eigenvalue weighted by Crippen LogP contribution is -2.26. The molecule has 4 aromatic rings. The molecular formula is C25H23N7O4. The molecule has 2 aromatic heterocycles. The number of carbonyl (C=O) groups excluding carboxylic acids is 3. The molecule has 5 rings (SSSR count). The van der Waals surface area contributed by atoms with Gasteiger partial charge in [0.15, 0.2) is 23.9 Å². The molecule has 0 radical (unpaired) electrons. The van der Waals surface area contributed by atoms with Crippen LogP contribution in [0.2, 0.25) is 0 Å². The number of ketones is 1. The molecule has 1 aliphatic heterocycles. The number of rotatable bonds is 7. The van der Waals surface area contributed by atoms with Gasteiger partial charge in [-0.25, -0.2) is 9.97 Å². The molecule has 0 atom stereocenters. The summed E-state index contributed by atoms with van der Waals surface area (Å²) in [6.07, 6.45) is 1.33. The Bertz CT molecular complexity index is 1490. The number of hydrogen-bond donors (Lipinski definition) is 3. The number of aromatic nitrogens is 4. The van der Waals surface area contributed by atoms with Crippen molar-refractivity contribution in [2.24, 2.45) is 7.05 Å². The highest BCUT2D eigenvalue weighted by Gasteiger charge is 2.20. The van der Waals surface area contributed by atoms with Gasteiger partial charge < -0.3 is 20.7 Å². The SMILES string of the molecule is CC(=O)c1ccc(CNc2nn(C)c3c(C(=O)NCc4ccc5c(c4)NC(=O)CO5)ncnc23)cc1. The molecule has 2 amide bonds. The highest BCUT2D eigenvalue weighted by atomic mass is 16.5. The zero-order valence-corrected chi connectivity index (χ0v) is 19.7. The van der Waals surface area contributed by atoms with Crippen LogP contribution in [0.3, 0.4) is 0 Å². The predicted octanol–water partition coefficient (Wildman–Crippen LogP) is 2.44. The Kier molecular flexibility index (Phi) is 6.03. The van der Waals surface area contributed by atoms with Gasteiger partial charge >= 0.3 is 0 Å². The van der Waals surface area contributed by atoms with Gasteiger partial charge in [-0.05, 0) is 30.2 Å². The average molecular weight is 486 g/mol. The van der Waals surface area contributed by atoms with Gasteiger partial charge in [-0.15, -0.1) is 0 Å². The van der Waals surface area contributed by atoms with Crippen molar-refractivity contribution in [3.05, 3.63) is 71.2 Å². The Balaban J connectivity index is 1.31. The van der Waals surface area contributed by atoms with Crippen LogP contribution in [0.5, 0.6) is 5.75 Å². The average Bonchev–Trinajstić information content (AvgIpc) is 3.21. The Labute approximate surface area is 205 Å². The third-order valence-corrected chi connectivity index (χ3v) is 5.79. The van der Waals surface area contributed by atoms with Crippen molar-refractivity contribution in [3.63, 3.8) is 0 Å². The highest BCUT2D eigenvalue weighted by molar-refractivity contribution is 6.05. The van der Waals surface area contributed by atoms with Crippen LogP contribution in [0.4, 0.5) is 11.5 Å². The molecule has 1 aliphatic rings. The van der Waals surface area contributed by atoms with Crippen LogP contribution in [-0.4, -0.2) is 44.0 Å². The van der Waals surface area contributed by atoms with Crippen LogP contribution < -0.4 is 20.7 Å². The van der Waals surface area contributed by atoms with E-state index in [1.807, 2.05) is 18.2 Å². The lowest BCUT2D eigenvalue weighted by Gasteiger charge is -2.18. The molecule has 3 heterocycles. The van der Waals surface area contributed by atoms with Crippen molar-refractivity contribution >= 4 is 40.1 Å². The minimum absolute atomic E-state index is 0.0134. The van der Waals surface area contributed by atoms with Crippen molar-refractivity contribution in [1.29, 1.82) is 0 Å². The molecule has 0 saturated heterocycles. The predicted molar refractivity (Wildman–Crippen MR) is 132 cm³/mol. The number of fused-ring (bicyclic) bond motifs is 2. The fourth-order valence-corrected chi connectivity index (χ4v) is 3.94. The van der Waals surface area contributed by atoms with Gasteiger partial charge in [0.05, 0.1) is 5.69 Å². The Morgan fingerprint density at radius 3 is 2.64 bits per heavy atom. The summed E-state index contributed by atoms with van der Waals surface area (Å²) in [4.78, 5) is 44.6. The van der Waals surface area contributed by atoms with Crippen LogP contribution in [0.15, 0.2) is 48.8 Å². The molecular weight excluding hydrogens is 462 g/mol. The van der Waals surface area contributed by atoms with Crippen LogP contribution in [-0.2, 0) is 24.9 Å². The molecule has 0 saturated carbocycles. The van der Waals surface area contributed by atoms with E-state index in [0.29, 0.717) is 40.4 Å². The number of ether oxygens (including phenoxy) is 1. The number of anilines is 2. The lowest BCUT2D eigenvalue weighted by molar-refractivity contribution is -0.118. The van der Waals surface area contributed by atoms with E-state index in [9.17, 15) is 14.4 Å². The molecule has 0 aliphatic carbocycles. The molecule has 11 nitrogen and oxygen atoms in total. The van der Waals surface area contributed by atoms with Crippen molar-refractivity contribution in [3.8, 4) is 5.75 Å². The Morgan fingerprint density at radius 2 is 1.86 bits per heavy atom. The zero-order valence-electron chi connectivity index (χ0n) is 19.7. The maximum absolute atomic E-state index is 13.0. The first-order valence-electron chi connectivity index (χ1n) is 11.2. The number of hydrogen-bond acceptors (Lipinski definition) is 8.